The second kappa shape index (κ2) is 8.56. The topological polar surface area (TPSA) is 70.2 Å². The van der Waals surface area contributed by atoms with Crippen LogP contribution in [0, 0.1) is 0 Å². The number of hydrogen-bond acceptors (Lipinski definition) is 4. The monoisotopic (exact) mass is 305 g/mol. The van der Waals surface area contributed by atoms with E-state index in [4.69, 9.17) is 0 Å². The van der Waals surface area contributed by atoms with Crippen LogP contribution in [0.3, 0.4) is 0 Å². The van der Waals surface area contributed by atoms with Gasteiger partial charge < -0.3 is 10.2 Å². The molecule has 0 spiro atoms. The summed E-state index contributed by atoms with van der Waals surface area (Å²) in [7, 11) is 2.00. The molecule has 22 heavy (non-hydrogen) atoms. The molecule has 6 heteroatoms. The van der Waals surface area contributed by atoms with Crippen LogP contribution in [0.5, 0.6) is 0 Å². The Bertz CT molecular complexity index is 456. The number of carbonyl (C=O) groups is 1. The van der Waals surface area contributed by atoms with E-state index in [9.17, 15) is 4.79 Å². The summed E-state index contributed by atoms with van der Waals surface area (Å²) in [5, 5.41) is 14.0. The first-order valence-corrected chi connectivity index (χ1v) is 8.31. The highest BCUT2D eigenvalue weighted by molar-refractivity contribution is 5.88. The average Bonchev–Trinajstić information content (AvgIpc) is 2.54. The Kier molecular flexibility index (Phi) is 6.43. The van der Waals surface area contributed by atoms with Crippen LogP contribution >= 0.6 is 0 Å². The zero-order valence-corrected chi connectivity index (χ0v) is 13.6. The number of unbranched alkanes of at least 4 members (excludes halogenated alkanes) is 1. The van der Waals surface area contributed by atoms with Gasteiger partial charge in [0, 0.05) is 19.6 Å². The summed E-state index contributed by atoms with van der Waals surface area (Å²) in [5.74, 6) is 1.31. The summed E-state index contributed by atoms with van der Waals surface area (Å²) in [4.78, 5) is 14.0. The molecule has 0 aliphatic heterocycles. The second-order valence-corrected chi connectivity index (χ2v) is 5.99. The minimum atomic E-state index is -0.187. The summed E-state index contributed by atoms with van der Waals surface area (Å²) < 4.78 is 0. The van der Waals surface area contributed by atoms with Crippen molar-refractivity contribution in [1.82, 2.24) is 15.5 Å². The quantitative estimate of drug-likeness (QED) is 0.847. The molecular weight excluding hydrogens is 278 g/mol. The zero-order valence-electron chi connectivity index (χ0n) is 13.6. The molecule has 0 saturated heterocycles. The molecule has 1 fully saturated rings. The molecule has 6 nitrogen and oxygen atoms in total. The van der Waals surface area contributed by atoms with E-state index in [1.54, 1.807) is 6.07 Å². The number of aromatic nitrogens is 2. The average molecular weight is 305 g/mol. The third-order valence-electron chi connectivity index (χ3n) is 4.07. The standard InChI is InChI=1S/C16H27N5O/c1-3-4-12-21(2)15-11-10-14(19-20-15)18-16(22)17-13-8-6-5-7-9-13/h10-11,13H,3-9,12H2,1-2H3,(H2,17,18,19,22). The number of nitrogens with zero attached hydrogens (tertiary/aromatic N) is 3. The van der Waals surface area contributed by atoms with Crippen molar-refractivity contribution < 1.29 is 4.79 Å². The fourth-order valence-electron chi connectivity index (χ4n) is 2.69. The molecule has 0 radical (unpaired) electrons. The summed E-state index contributed by atoms with van der Waals surface area (Å²) >= 11 is 0. The maximum Gasteiger partial charge on any atom is 0.320 e. The van der Waals surface area contributed by atoms with E-state index in [-0.39, 0.29) is 6.03 Å². The van der Waals surface area contributed by atoms with Crippen molar-refractivity contribution in [3.8, 4) is 0 Å². The minimum absolute atomic E-state index is 0.187. The Morgan fingerprint density at radius 2 is 2.05 bits per heavy atom. The maximum absolute atomic E-state index is 11.9. The number of anilines is 2. The lowest BCUT2D eigenvalue weighted by Crippen LogP contribution is -2.39. The van der Waals surface area contributed by atoms with Gasteiger partial charge >= 0.3 is 6.03 Å². The van der Waals surface area contributed by atoms with E-state index in [2.05, 4.69) is 32.7 Å². The van der Waals surface area contributed by atoms with Crippen molar-refractivity contribution in [1.29, 1.82) is 0 Å². The van der Waals surface area contributed by atoms with Crippen LogP contribution in [0.25, 0.3) is 0 Å². The number of hydrogen-bond donors (Lipinski definition) is 2. The van der Waals surface area contributed by atoms with Crippen LogP contribution in [0.2, 0.25) is 0 Å². The molecule has 1 aromatic heterocycles. The van der Waals surface area contributed by atoms with Gasteiger partial charge in [-0.3, -0.25) is 5.32 Å². The third kappa shape index (κ3) is 5.16. The molecule has 2 N–H and O–H groups in total. The van der Waals surface area contributed by atoms with Crippen LogP contribution in [-0.2, 0) is 0 Å². The predicted octanol–water partition coefficient (Wildman–Crippen LogP) is 3.17. The highest BCUT2D eigenvalue weighted by Crippen LogP contribution is 2.17. The molecule has 122 valence electrons. The van der Waals surface area contributed by atoms with E-state index in [0.29, 0.717) is 11.9 Å². The summed E-state index contributed by atoms with van der Waals surface area (Å²) in [5.41, 5.74) is 0. The minimum Gasteiger partial charge on any atom is -0.358 e. The molecule has 1 saturated carbocycles. The molecule has 2 amide bonds. The fraction of sp³-hybridized carbons (Fsp3) is 0.688. The lowest BCUT2D eigenvalue weighted by atomic mass is 9.96. The van der Waals surface area contributed by atoms with Crippen molar-refractivity contribution in [3.63, 3.8) is 0 Å². The van der Waals surface area contributed by atoms with Crippen molar-refractivity contribution >= 4 is 17.7 Å². The fourth-order valence-corrected chi connectivity index (χ4v) is 2.69. The lowest BCUT2D eigenvalue weighted by molar-refractivity contribution is 0.244. The highest BCUT2D eigenvalue weighted by Gasteiger charge is 2.15. The molecule has 1 aromatic rings. The van der Waals surface area contributed by atoms with E-state index < -0.39 is 0 Å². The van der Waals surface area contributed by atoms with Crippen LogP contribution in [0.1, 0.15) is 51.9 Å². The maximum atomic E-state index is 11.9. The first-order valence-electron chi connectivity index (χ1n) is 8.31. The van der Waals surface area contributed by atoms with Gasteiger partial charge in [-0.25, -0.2) is 4.79 Å². The lowest BCUT2D eigenvalue weighted by Gasteiger charge is -2.22. The van der Waals surface area contributed by atoms with Crippen LogP contribution in [0.4, 0.5) is 16.4 Å². The van der Waals surface area contributed by atoms with Crippen LogP contribution in [0.15, 0.2) is 12.1 Å². The molecule has 1 aliphatic rings. The molecule has 2 rings (SSSR count). The summed E-state index contributed by atoms with van der Waals surface area (Å²) in [6, 6.07) is 3.79. The van der Waals surface area contributed by atoms with Gasteiger partial charge in [0.05, 0.1) is 0 Å². The Labute approximate surface area is 132 Å². The number of rotatable bonds is 6. The first kappa shape index (κ1) is 16.5. The number of amides is 2. The van der Waals surface area contributed by atoms with Crippen molar-refractivity contribution in [2.75, 3.05) is 23.8 Å². The number of urea groups is 1. The molecule has 0 atom stereocenters. The van der Waals surface area contributed by atoms with Crippen molar-refractivity contribution in [3.05, 3.63) is 12.1 Å². The Balaban J connectivity index is 1.81. The van der Waals surface area contributed by atoms with Gasteiger partial charge in [-0.05, 0) is 31.4 Å². The van der Waals surface area contributed by atoms with Crippen LogP contribution in [-0.4, -0.2) is 35.9 Å². The van der Waals surface area contributed by atoms with E-state index >= 15 is 0 Å². The molecular formula is C16H27N5O. The van der Waals surface area contributed by atoms with Gasteiger partial charge in [0.25, 0.3) is 0 Å². The summed E-state index contributed by atoms with van der Waals surface area (Å²) in [6.07, 6.45) is 8.09. The zero-order chi connectivity index (χ0) is 15.8. The van der Waals surface area contributed by atoms with Gasteiger partial charge in [0.15, 0.2) is 11.6 Å². The van der Waals surface area contributed by atoms with Gasteiger partial charge in [0.1, 0.15) is 0 Å². The Hall–Kier alpha value is -1.85. The van der Waals surface area contributed by atoms with E-state index in [0.717, 1.165) is 38.0 Å². The smallest absolute Gasteiger partial charge is 0.320 e. The van der Waals surface area contributed by atoms with Gasteiger partial charge in [-0.1, -0.05) is 32.6 Å². The Morgan fingerprint density at radius 1 is 1.27 bits per heavy atom. The predicted molar refractivity (Wildman–Crippen MR) is 89.2 cm³/mol. The molecule has 0 aromatic carbocycles. The molecule has 0 unspecified atom stereocenters. The van der Waals surface area contributed by atoms with Gasteiger partial charge in [-0.2, -0.15) is 0 Å². The van der Waals surface area contributed by atoms with Crippen LogP contribution < -0.4 is 15.5 Å². The number of nitrogens with one attached hydrogen (secondary N) is 2. The normalized spacial score (nSPS) is 15.4. The van der Waals surface area contributed by atoms with Crippen molar-refractivity contribution in [2.45, 2.75) is 57.9 Å². The Morgan fingerprint density at radius 3 is 2.68 bits per heavy atom. The third-order valence-corrected chi connectivity index (χ3v) is 4.07. The summed E-state index contributed by atoms with van der Waals surface area (Å²) in [6.45, 7) is 3.12. The number of carbonyl (C=O) groups excluding carboxylic acids is 1. The van der Waals surface area contributed by atoms with Gasteiger partial charge in [-0.15, -0.1) is 10.2 Å². The second-order valence-electron chi connectivity index (χ2n) is 5.99. The molecule has 1 heterocycles. The largest absolute Gasteiger partial charge is 0.358 e. The van der Waals surface area contributed by atoms with E-state index in [1.807, 2.05) is 13.1 Å². The van der Waals surface area contributed by atoms with Crippen molar-refractivity contribution in [2.24, 2.45) is 0 Å². The molecule has 1 aliphatic carbocycles. The van der Waals surface area contributed by atoms with Gasteiger partial charge in [0.2, 0.25) is 0 Å². The SMILES string of the molecule is CCCCN(C)c1ccc(NC(=O)NC2CCCCC2)nn1. The van der Waals surface area contributed by atoms with E-state index in [1.165, 1.54) is 19.3 Å². The first-order chi connectivity index (χ1) is 10.7. The molecule has 0 bridgehead atoms. The highest BCUT2D eigenvalue weighted by atomic mass is 16.2.